The summed E-state index contributed by atoms with van der Waals surface area (Å²) in [5.74, 6) is 0.539. The second-order valence-electron chi connectivity index (χ2n) is 5.97. The minimum Gasteiger partial charge on any atom is -0.353 e. The number of amides is 1. The molecule has 16 heavy (non-hydrogen) atoms. The van der Waals surface area contributed by atoms with E-state index in [1.165, 1.54) is 12.8 Å². The van der Waals surface area contributed by atoms with Crippen molar-refractivity contribution in [1.82, 2.24) is 10.6 Å². The van der Waals surface area contributed by atoms with E-state index < -0.39 is 0 Å². The van der Waals surface area contributed by atoms with Crippen LogP contribution < -0.4 is 10.6 Å². The zero-order chi connectivity index (χ0) is 11.6. The van der Waals surface area contributed by atoms with Crippen LogP contribution >= 0.6 is 0 Å². The first-order valence-corrected chi connectivity index (χ1v) is 6.61. The summed E-state index contributed by atoms with van der Waals surface area (Å²) in [6, 6.07) is 0.408. The van der Waals surface area contributed by atoms with Gasteiger partial charge in [-0.15, -0.1) is 0 Å². The molecular formula is C13H24N2O. The average molecular weight is 224 g/mol. The molecule has 0 bridgehead atoms. The van der Waals surface area contributed by atoms with Crippen LogP contribution in [0.5, 0.6) is 0 Å². The van der Waals surface area contributed by atoms with E-state index in [1.807, 2.05) is 0 Å². The van der Waals surface area contributed by atoms with Gasteiger partial charge in [-0.3, -0.25) is 4.79 Å². The first-order chi connectivity index (χ1) is 7.59. The number of carbonyl (C=O) groups is 1. The first kappa shape index (κ1) is 11.9. The fourth-order valence-corrected chi connectivity index (χ4v) is 3.08. The third-order valence-electron chi connectivity index (χ3n) is 4.26. The molecule has 1 aliphatic carbocycles. The summed E-state index contributed by atoms with van der Waals surface area (Å²) >= 11 is 0. The second kappa shape index (κ2) is 4.74. The smallest absolute Gasteiger partial charge is 0.223 e. The Bertz CT molecular complexity index is 257. The van der Waals surface area contributed by atoms with Crippen molar-refractivity contribution in [3.05, 3.63) is 0 Å². The topological polar surface area (TPSA) is 41.1 Å². The van der Waals surface area contributed by atoms with Crippen molar-refractivity contribution in [1.29, 1.82) is 0 Å². The van der Waals surface area contributed by atoms with Crippen molar-refractivity contribution < 1.29 is 4.79 Å². The van der Waals surface area contributed by atoms with Gasteiger partial charge in [0.15, 0.2) is 0 Å². The van der Waals surface area contributed by atoms with Crippen LogP contribution in [-0.4, -0.2) is 25.0 Å². The lowest BCUT2D eigenvalue weighted by molar-refractivity contribution is -0.128. The van der Waals surface area contributed by atoms with Gasteiger partial charge in [-0.2, -0.15) is 0 Å². The zero-order valence-electron chi connectivity index (χ0n) is 10.5. The lowest BCUT2D eigenvalue weighted by Crippen LogP contribution is -2.46. The summed E-state index contributed by atoms with van der Waals surface area (Å²) < 4.78 is 0. The molecule has 2 rings (SSSR count). The predicted octanol–water partition coefficient (Wildman–Crippen LogP) is 1.68. The highest BCUT2D eigenvalue weighted by atomic mass is 16.2. The van der Waals surface area contributed by atoms with Crippen molar-refractivity contribution >= 4 is 5.91 Å². The quantitative estimate of drug-likeness (QED) is 0.749. The van der Waals surface area contributed by atoms with Crippen LogP contribution in [0.3, 0.4) is 0 Å². The van der Waals surface area contributed by atoms with Gasteiger partial charge in [-0.1, -0.05) is 20.3 Å². The van der Waals surface area contributed by atoms with Gasteiger partial charge in [-0.05, 0) is 44.2 Å². The number of piperidine rings is 1. The van der Waals surface area contributed by atoms with E-state index in [-0.39, 0.29) is 11.3 Å². The molecule has 0 aromatic carbocycles. The summed E-state index contributed by atoms with van der Waals surface area (Å²) in [4.78, 5) is 12.2. The molecular weight excluding hydrogens is 200 g/mol. The van der Waals surface area contributed by atoms with Crippen molar-refractivity contribution in [2.24, 2.45) is 11.3 Å². The Morgan fingerprint density at radius 1 is 1.25 bits per heavy atom. The third-order valence-corrected chi connectivity index (χ3v) is 4.26. The molecule has 1 amide bonds. The molecule has 1 saturated heterocycles. The van der Waals surface area contributed by atoms with Gasteiger partial charge in [-0.25, -0.2) is 0 Å². The van der Waals surface area contributed by atoms with Gasteiger partial charge in [0.1, 0.15) is 0 Å². The van der Waals surface area contributed by atoms with E-state index in [2.05, 4.69) is 24.5 Å². The third kappa shape index (κ3) is 2.57. The zero-order valence-corrected chi connectivity index (χ0v) is 10.5. The van der Waals surface area contributed by atoms with Gasteiger partial charge in [0.2, 0.25) is 5.91 Å². The number of nitrogens with one attached hydrogen (secondary N) is 2. The largest absolute Gasteiger partial charge is 0.353 e. The molecule has 0 aromatic heterocycles. The SMILES string of the molecule is CC1(C)CCCC1C(=O)NC1CCNCC1. The summed E-state index contributed by atoms with van der Waals surface area (Å²) in [6.07, 6.45) is 5.64. The summed E-state index contributed by atoms with van der Waals surface area (Å²) in [6.45, 7) is 6.54. The molecule has 1 atom stereocenters. The molecule has 3 heteroatoms. The maximum atomic E-state index is 12.2. The van der Waals surface area contributed by atoms with Gasteiger partial charge >= 0.3 is 0 Å². The van der Waals surface area contributed by atoms with Crippen LogP contribution in [0.15, 0.2) is 0 Å². The van der Waals surface area contributed by atoms with Crippen LogP contribution in [0.1, 0.15) is 46.0 Å². The molecule has 1 heterocycles. The van der Waals surface area contributed by atoms with E-state index in [9.17, 15) is 4.79 Å². The van der Waals surface area contributed by atoms with Gasteiger partial charge in [0.25, 0.3) is 0 Å². The predicted molar refractivity (Wildman–Crippen MR) is 65.2 cm³/mol. The average Bonchev–Trinajstić information content (AvgIpc) is 2.59. The van der Waals surface area contributed by atoms with Crippen LogP contribution in [0.25, 0.3) is 0 Å². The number of hydrogen-bond acceptors (Lipinski definition) is 2. The molecule has 0 spiro atoms. The fraction of sp³-hybridized carbons (Fsp3) is 0.923. The summed E-state index contributed by atoms with van der Waals surface area (Å²) in [5.41, 5.74) is 0.205. The second-order valence-corrected chi connectivity index (χ2v) is 5.97. The Hall–Kier alpha value is -0.570. The fourth-order valence-electron chi connectivity index (χ4n) is 3.08. The monoisotopic (exact) mass is 224 g/mol. The number of hydrogen-bond donors (Lipinski definition) is 2. The minimum absolute atomic E-state index is 0.205. The van der Waals surface area contributed by atoms with Crippen molar-refractivity contribution in [2.45, 2.75) is 52.0 Å². The van der Waals surface area contributed by atoms with E-state index >= 15 is 0 Å². The number of carbonyl (C=O) groups excluding carboxylic acids is 1. The molecule has 3 nitrogen and oxygen atoms in total. The Morgan fingerprint density at radius 3 is 2.50 bits per heavy atom. The molecule has 2 fully saturated rings. The van der Waals surface area contributed by atoms with E-state index in [4.69, 9.17) is 0 Å². The van der Waals surface area contributed by atoms with Gasteiger partial charge < -0.3 is 10.6 Å². The van der Waals surface area contributed by atoms with E-state index in [0.717, 1.165) is 32.4 Å². The molecule has 92 valence electrons. The minimum atomic E-state index is 0.205. The first-order valence-electron chi connectivity index (χ1n) is 6.61. The van der Waals surface area contributed by atoms with Crippen molar-refractivity contribution in [3.63, 3.8) is 0 Å². The lowest BCUT2D eigenvalue weighted by Gasteiger charge is -2.30. The molecule has 0 aromatic rings. The maximum Gasteiger partial charge on any atom is 0.223 e. The van der Waals surface area contributed by atoms with Crippen LogP contribution in [0.4, 0.5) is 0 Å². The van der Waals surface area contributed by atoms with Crippen LogP contribution in [-0.2, 0) is 4.79 Å². The van der Waals surface area contributed by atoms with Crippen LogP contribution in [0.2, 0.25) is 0 Å². The maximum absolute atomic E-state index is 12.2. The molecule has 1 unspecified atom stereocenters. The Labute approximate surface area is 98.4 Å². The highest BCUT2D eigenvalue weighted by Crippen LogP contribution is 2.42. The lowest BCUT2D eigenvalue weighted by atomic mass is 9.81. The Kier molecular flexibility index (Phi) is 3.53. The molecule has 2 aliphatic rings. The van der Waals surface area contributed by atoms with Crippen molar-refractivity contribution in [2.75, 3.05) is 13.1 Å². The standard InChI is InChI=1S/C13H24N2O/c1-13(2)7-3-4-11(13)12(16)15-10-5-8-14-9-6-10/h10-11,14H,3-9H2,1-2H3,(H,15,16). The normalized spacial score (nSPS) is 30.2. The van der Waals surface area contributed by atoms with Gasteiger partial charge in [0, 0.05) is 12.0 Å². The van der Waals surface area contributed by atoms with E-state index in [0.29, 0.717) is 11.9 Å². The van der Waals surface area contributed by atoms with Crippen molar-refractivity contribution in [3.8, 4) is 0 Å². The van der Waals surface area contributed by atoms with Crippen LogP contribution in [0, 0.1) is 11.3 Å². The summed E-state index contributed by atoms with van der Waals surface area (Å²) in [7, 11) is 0. The van der Waals surface area contributed by atoms with Gasteiger partial charge in [0.05, 0.1) is 0 Å². The Morgan fingerprint density at radius 2 is 1.94 bits per heavy atom. The highest BCUT2D eigenvalue weighted by Gasteiger charge is 2.39. The molecule has 2 N–H and O–H groups in total. The van der Waals surface area contributed by atoms with E-state index in [1.54, 1.807) is 0 Å². The molecule has 1 saturated carbocycles. The molecule has 1 aliphatic heterocycles. The number of rotatable bonds is 2. The highest BCUT2D eigenvalue weighted by molar-refractivity contribution is 5.80. The molecule has 0 radical (unpaired) electrons. The summed E-state index contributed by atoms with van der Waals surface area (Å²) in [5, 5.41) is 6.56. The Balaban J connectivity index is 1.87.